The third-order valence-corrected chi connectivity index (χ3v) is 9.93. The lowest BCUT2D eigenvalue weighted by atomic mass is 9.93. The Hall–Kier alpha value is -3.63. The molecule has 4 N–H and O–H groups in total. The zero-order chi connectivity index (χ0) is 35.6. The molecule has 4 aromatic rings. The van der Waals surface area contributed by atoms with Crippen LogP contribution in [0.4, 0.5) is 0 Å². The first kappa shape index (κ1) is 37.6. The zero-order valence-electron chi connectivity index (χ0n) is 29.7. The number of hydrogen-bond acceptors (Lipinski definition) is 8. The van der Waals surface area contributed by atoms with E-state index in [9.17, 15) is 15.3 Å². The molecule has 0 saturated carbocycles. The minimum absolute atomic E-state index is 0.190. The largest absolute Gasteiger partial charge is 0.493 e. The molecular formula is C41H51ClN2O6. The van der Waals surface area contributed by atoms with Crippen LogP contribution in [0.2, 0.25) is 5.02 Å². The Morgan fingerprint density at radius 1 is 0.800 bits per heavy atom. The number of rotatable bonds is 17. The molecule has 1 heterocycles. The third-order valence-electron chi connectivity index (χ3n) is 9.63. The smallest absolute Gasteiger partial charge is 0.142 e. The SMILES string of the molecule is Cc1ccc(COc2cc(OCc3cccc(-c4cccc(OCCCN5CC[C@@H](O)C5)c4C)c3C)c(Cl)cc2CNC(CO)CO)cc1C. The monoisotopic (exact) mass is 702 g/mol. The summed E-state index contributed by atoms with van der Waals surface area (Å²) in [6.45, 7) is 12.3. The molecule has 5 rings (SSSR count). The van der Waals surface area contributed by atoms with Crippen LogP contribution in [0, 0.1) is 27.7 Å². The van der Waals surface area contributed by atoms with Crippen LogP contribution in [0.15, 0.2) is 66.7 Å². The third kappa shape index (κ3) is 9.78. The molecule has 1 aliphatic heterocycles. The molecule has 0 spiro atoms. The van der Waals surface area contributed by atoms with Gasteiger partial charge in [0.1, 0.15) is 30.5 Å². The summed E-state index contributed by atoms with van der Waals surface area (Å²) in [5, 5.41) is 32.5. The number of halogens is 1. The number of β-amino-alcohol motifs (C(OH)–C–C–N with tert-alkyl or cyclic N) is 1. The van der Waals surface area contributed by atoms with Crippen LogP contribution in [0.1, 0.15) is 51.8 Å². The van der Waals surface area contributed by atoms with Crippen molar-refractivity contribution in [2.45, 2.75) is 72.4 Å². The first-order chi connectivity index (χ1) is 24.2. The van der Waals surface area contributed by atoms with Gasteiger partial charge < -0.3 is 39.7 Å². The summed E-state index contributed by atoms with van der Waals surface area (Å²) in [5.41, 5.74) is 9.74. The van der Waals surface area contributed by atoms with Gasteiger partial charge in [0, 0.05) is 37.8 Å². The molecular weight excluding hydrogens is 652 g/mol. The second-order valence-corrected chi connectivity index (χ2v) is 13.7. The fourth-order valence-corrected chi connectivity index (χ4v) is 6.53. The minimum Gasteiger partial charge on any atom is -0.493 e. The first-order valence-corrected chi connectivity index (χ1v) is 17.9. The van der Waals surface area contributed by atoms with Gasteiger partial charge in [0.25, 0.3) is 0 Å². The van der Waals surface area contributed by atoms with Crippen molar-refractivity contribution in [2.24, 2.45) is 0 Å². The minimum atomic E-state index is -0.459. The lowest BCUT2D eigenvalue weighted by Crippen LogP contribution is -2.35. The number of aliphatic hydroxyl groups excluding tert-OH is 3. The molecule has 4 aromatic carbocycles. The Kier molecular flexibility index (Phi) is 13.6. The van der Waals surface area contributed by atoms with Crippen molar-refractivity contribution in [3.63, 3.8) is 0 Å². The van der Waals surface area contributed by atoms with Gasteiger partial charge >= 0.3 is 0 Å². The molecule has 8 nitrogen and oxygen atoms in total. The van der Waals surface area contributed by atoms with Crippen molar-refractivity contribution in [1.82, 2.24) is 10.2 Å². The molecule has 1 aliphatic rings. The van der Waals surface area contributed by atoms with Crippen molar-refractivity contribution < 1.29 is 29.5 Å². The average molecular weight is 703 g/mol. The van der Waals surface area contributed by atoms with Gasteiger partial charge in [-0.05, 0) is 97.2 Å². The van der Waals surface area contributed by atoms with Crippen LogP contribution in [0.5, 0.6) is 17.2 Å². The van der Waals surface area contributed by atoms with Crippen LogP contribution in [-0.2, 0) is 19.8 Å². The highest BCUT2D eigenvalue weighted by atomic mass is 35.5. The molecule has 0 bridgehead atoms. The Morgan fingerprint density at radius 3 is 2.26 bits per heavy atom. The van der Waals surface area contributed by atoms with E-state index in [-0.39, 0.29) is 19.3 Å². The number of benzene rings is 4. The van der Waals surface area contributed by atoms with E-state index in [1.807, 2.05) is 30.3 Å². The summed E-state index contributed by atoms with van der Waals surface area (Å²) in [4.78, 5) is 2.29. The Bertz CT molecular complexity index is 1730. The van der Waals surface area contributed by atoms with E-state index in [1.54, 1.807) is 0 Å². The van der Waals surface area contributed by atoms with Crippen molar-refractivity contribution in [3.8, 4) is 28.4 Å². The summed E-state index contributed by atoms with van der Waals surface area (Å²) in [5.74, 6) is 2.00. The topological polar surface area (TPSA) is 104 Å². The van der Waals surface area contributed by atoms with Gasteiger partial charge in [0.05, 0.1) is 37.0 Å². The summed E-state index contributed by atoms with van der Waals surface area (Å²) in [6.07, 6.45) is 1.56. The molecule has 1 atom stereocenters. The van der Waals surface area contributed by atoms with Crippen LogP contribution < -0.4 is 19.5 Å². The molecule has 1 fully saturated rings. The maximum atomic E-state index is 9.79. The maximum absolute atomic E-state index is 9.79. The van der Waals surface area contributed by atoms with Crippen molar-refractivity contribution in [2.75, 3.05) is 39.5 Å². The van der Waals surface area contributed by atoms with Gasteiger partial charge in [-0.1, -0.05) is 60.1 Å². The molecule has 0 radical (unpaired) electrons. The van der Waals surface area contributed by atoms with Crippen molar-refractivity contribution >= 4 is 11.6 Å². The van der Waals surface area contributed by atoms with Gasteiger partial charge in [-0.3, -0.25) is 0 Å². The highest BCUT2D eigenvalue weighted by molar-refractivity contribution is 6.32. The van der Waals surface area contributed by atoms with E-state index in [1.165, 1.54) is 11.1 Å². The standard InChI is InChI=1S/C41H51ClN2O6/c1-27-12-13-31(18-28(27)2)25-49-40-20-41(38(42)19-33(40)21-43-34(23-45)24-46)50-26-32-8-5-9-36(29(32)3)37-10-6-11-39(30(37)4)48-17-7-15-44-16-14-35(47)22-44/h5-6,8-13,18-20,34-35,43,45-47H,7,14-17,21-26H2,1-4H3/t35-/m1/s1. The van der Waals surface area contributed by atoms with Gasteiger partial charge in [-0.2, -0.15) is 0 Å². The molecule has 0 aliphatic carbocycles. The van der Waals surface area contributed by atoms with Gasteiger partial charge in [-0.25, -0.2) is 0 Å². The molecule has 0 aromatic heterocycles. The quantitative estimate of drug-likeness (QED) is 0.0905. The maximum Gasteiger partial charge on any atom is 0.142 e. The Balaban J connectivity index is 1.29. The second kappa shape index (κ2) is 18.0. The number of nitrogens with zero attached hydrogens (tertiary/aromatic N) is 1. The summed E-state index contributed by atoms with van der Waals surface area (Å²) < 4.78 is 18.9. The van der Waals surface area contributed by atoms with E-state index in [0.717, 1.165) is 77.2 Å². The van der Waals surface area contributed by atoms with E-state index >= 15 is 0 Å². The van der Waals surface area contributed by atoms with E-state index in [4.69, 9.17) is 25.8 Å². The summed E-state index contributed by atoms with van der Waals surface area (Å²) in [6, 6.07) is 21.9. The number of aryl methyl sites for hydroxylation is 2. The predicted molar refractivity (Wildman–Crippen MR) is 199 cm³/mol. The first-order valence-electron chi connectivity index (χ1n) is 17.5. The predicted octanol–water partition coefficient (Wildman–Crippen LogP) is 6.68. The highest BCUT2D eigenvalue weighted by Crippen LogP contribution is 2.36. The number of aliphatic hydroxyl groups is 3. The Labute approximate surface area is 301 Å². The van der Waals surface area contributed by atoms with E-state index < -0.39 is 6.04 Å². The molecule has 50 heavy (non-hydrogen) atoms. The lowest BCUT2D eigenvalue weighted by molar-refractivity contribution is 0.169. The zero-order valence-corrected chi connectivity index (χ0v) is 30.4. The average Bonchev–Trinajstić information content (AvgIpc) is 3.53. The van der Waals surface area contributed by atoms with Crippen LogP contribution in [0.25, 0.3) is 11.1 Å². The summed E-state index contributed by atoms with van der Waals surface area (Å²) in [7, 11) is 0. The summed E-state index contributed by atoms with van der Waals surface area (Å²) >= 11 is 6.77. The Morgan fingerprint density at radius 2 is 1.54 bits per heavy atom. The van der Waals surface area contributed by atoms with E-state index in [2.05, 4.69) is 74.3 Å². The lowest BCUT2D eigenvalue weighted by Gasteiger charge is -2.19. The highest BCUT2D eigenvalue weighted by Gasteiger charge is 2.20. The molecule has 268 valence electrons. The van der Waals surface area contributed by atoms with Crippen LogP contribution >= 0.6 is 11.6 Å². The van der Waals surface area contributed by atoms with Gasteiger partial charge in [0.2, 0.25) is 0 Å². The second-order valence-electron chi connectivity index (χ2n) is 13.3. The number of nitrogens with one attached hydrogen (secondary N) is 1. The number of hydrogen-bond donors (Lipinski definition) is 4. The van der Waals surface area contributed by atoms with Crippen molar-refractivity contribution in [1.29, 1.82) is 0 Å². The number of ether oxygens (including phenoxy) is 3. The molecule has 0 amide bonds. The van der Waals surface area contributed by atoms with Crippen molar-refractivity contribution in [3.05, 3.63) is 111 Å². The van der Waals surface area contributed by atoms with Gasteiger partial charge in [-0.15, -0.1) is 0 Å². The normalized spacial score (nSPS) is 14.8. The fraction of sp³-hybridized carbons (Fsp3) is 0.415. The molecule has 0 unspecified atom stereocenters. The van der Waals surface area contributed by atoms with Crippen LogP contribution in [0.3, 0.4) is 0 Å². The van der Waals surface area contributed by atoms with E-state index in [0.29, 0.717) is 42.9 Å². The fourth-order valence-electron chi connectivity index (χ4n) is 6.29. The number of likely N-dealkylation sites (tertiary alicyclic amines) is 1. The molecule has 1 saturated heterocycles. The molecule has 9 heteroatoms. The van der Waals surface area contributed by atoms with Gasteiger partial charge in [0.15, 0.2) is 0 Å². The van der Waals surface area contributed by atoms with Crippen LogP contribution in [-0.4, -0.2) is 71.8 Å².